The molecular weight excluding hydrogens is 300 g/mol. The number of nitrogens with zero attached hydrogens (tertiary/aromatic N) is 1. The molecule has 24 heavy (non-hydrogen) atoms. The monoisotopic (exact) mass is 322 g/mol. The maximum atomic E-state index is 12.5. The number of hydrogen-bond donors (Lipinski definition) is 1. The molecule has 1 N–H and O–H groups in total. The lowest BCUT2D eigenvalue weighted by atomic mass is 10.1. The largest absolute Gasteiger partial charge is 0.349 e. The summed E-state index contributed by atoms with van der Waals surface area (Å²) in [5.41, 5.74) is 3.07. The third kappa shape index (κ3) is 3.48. The zero-order valence-electron chi connectivity index (χ0n) is 14.0. The van der Waals surface area contributed by atoms with E-state index >= 15 is 0 Å². The van der Waals surface area contributed by atoms with Crippen molar-refractivity contribution in [1.29, 1.82) is 0 Å². The first-order valence-electron chi connectivity index (χ1n) is 8.27. The molecule has 4 nitrogen and oxygen atoms in total. The van der Waals surface area contributed by atoms with Crippen LogP contribution in [0.2, 0.25) is 0 Å². The van der Waals surface area contributed by atoms with Crippen LogP contribution < -0.4 is 10.2 Å². The SMILES string of the molecule is Cc1ccc(N2CC(C(=O)NC(C)c3ccccc3)CC2=O)cc1. The Bertz CT molecular complexity index is 725. The lowest BCUT2D eigenvalue weighted by molar-refractivity contribution is -0.126. The maximum absolute atomic E-state index is 12.5. The number of rotatable bonds is 4. The highest BCUT2D eigenvalue weighted by Gasteiger charge is 2.35. The Morgan fingerprint density at radius 3 is 2.46 bits per heavy atom. The number of amides is 2. The Morgan fingerprint density at radius 2 is 1.79 bits per heavy atom. The molecule has 1 fully saturated rings. The van der Waals surface area contributed by atoms with E-state index in [0.29, 0.717) is 6.54 Å². The van der Waals surface area contributed by atoms with Crippen molar-refractivity contribution in [1.82, 2.24) is 5.32 Å². The first kappa shape index (κ1) is 16.2. The van der Waals surface area contributed by atoms with Crippen LogP contribution in [0.25, 0.3) is 0 Å². The van der Waals surface area contributed by atoms with Crippen LogP contribution in [0.5, 0.6) is 0 Å². The summed E-state index contributed by atoms with van der Waals surface area (Å²) < 4.78 is 0. The first-order valence-corrected chi connectivity index (χ1v) is 8.27. The van der Waals surface area contributed by atoms with Gasteiger partial charge in [-0.15, -0.1) is 0 Å². The summed E-state index contributed by atoms with van der Waals surface area (Å²) in [6.45, 7) is 4.41. The molecule has 124 valence electrons. The molecule has 2 unspecified atom stereocenters. The molecule has 0 spiro atoms. The van der Waals surface area contributed by atoms with Crippen molar-refractivity contribution in [3.05, 3.63) is 65.7 Å². The zero-order valence-corrected chi connectivity index (χ0v) is 14.0. The van der Waals surface area contributed by atoms with Gasteiger partial charge in [-0.3, -0.25) is 9.59 Å². The third-order valence-electron chi connectivity index (χ3n) is 4.50. The van der Waals surface area contributed by atoms with Crippen LogP contribution in [0.4, 0.5) is 5.69 Å². The number of anilines is 1. The second kappa shape index (κ2) is 6.87. The normalized spacial score (nSPS) is 18.5. The van der Waals surface area contributed by atoms with Gasteiger partial charge in [0.05, 0.1) is 12.0 Å². The summed E-state index contributed by atoms with van der Waals surface area (Å²) in [5, 5.41) is 3.02. The van der Waals surface area contributed by atoms with Gasteiger partial charge in [0.1, 0.15) is 0 Å². The molecule has 0 saturated carbocycles. The molecule has 3 rings (SSSR count). The fourth-order valence-electron chi connectivity index (χ4n) is 3.01. The topological polar surface area (TPSA) is 49.4 Å². The molecule has 1 heterocycles. The van der Waals surface area contributed by atoms with Crippen LogP contribution in [0.15, 0.2) is 54.6 Å². The molecule has 2 amide bonds. The molecule has 2 atom stereocenters. The molecule has 0 bridgehead atoms. The molecule has 4 heteroatoms. The van der Waals surface area contributed by atoms with E-state index in [-0.39, 0.29) is 30.2 Å². The lowest BCUT2D eigenvalue weighted by Crippen LogP contribution is -2.34. The number of benzene rings is 2. The molecule has 0 aromatic heterocycles. The van der Waals surface area contributed by atoms with Gasteiger partial charge in [0.15, 0.2) is 0 Å². The van der Waals surface area contributed by atoms with Crippen LogP contribution in [-0.2, 0) is 9.59 Å². The predicted octanol–water partition coefficient (Wildman–Crippen LogP) is 3.23. The van der Waals surface area contributed by atoms with Crippen molar-refractivity contribution in [2.24, 2.45) is 5.92 Å². The number of carbonyl (C=O) groups is 2. The van der Waals surface area contributed by atoms with Crippen LogP contribution in [0.3, 0.4) is 0 Å². The molecule has 0 radical (unpaired) electrons. The fourth-order valence-corrected chi connectivity index (χ4v) is 3.01. The van der Waals surface area contributed by atoms with Gasteiger partial charge in [0, 0.05) is 18.7 Å². The van der Waals surface area contributed by atoms with Gasteiger partial charge >= 0.3 is 0 Å². The van der Waals surface area contributed by atoms with Crippen molar-refractivity contribution in [3.63, 3.8) is 0 Å². The van der Waals surface area contributed by atoms with Gasteiger partial charge in [-0.1, -0.05) is 48.0 Å². The average molecular weight is 322 g/mol. The first-order chi connectivity index (χ1) is 11.5. The fraction of sp³-hybridized carbons (Fsp3) is 0.300. The summed E-state index contributed by atoms with van der Waals surface area (Å²) in [4.78, 5) is 26.5. The summed E-state index contributed by atoms with van der Waals surface area (Å²) in [5.74, 6) is -0.356. The molecule has 1 aliphatic heterocycles. The van der Waals surface area contributed by atoms with Crippen LogP contribution in [-0.4, -0.2) is 18.4 Å². The van der Waals surface area contributed by atoms with E-state index in [9.17, 15) is 9.59 Å². The van der Waals surface area contributed by atoms with Crippen molar-refractivity contribution < 1.29 is 9.59 Å². The Kier molecular flexibility index (Phi) is 4.65. The minimum absolute atomic E-state index is 0.00590. The van der Waals surface area contributed by atoms with E-state index < -0.39 is 0 Å². The van der Waals surface area contributed by atoms with Gasteiger partial charge in [-0.25, -0.2) is 0 Å². The average Bonchev–Trinajstić information content (AvgIpc) is 2.98. The Hall–Kier alpha value is -2.62. The van der Waals surface area contributed by atoms with Gasteiger partial charge < -0.3 is 10.2 Å². The highest BCUT2D eigenvalue weighted by molar-refractivity contribution is 6.00. The summed E-state index contributed by atoms with van der Waals surface area (Å²) in [7, 11) is 0. The standard InChI is InChI=1S/C20H22N2O2/c1-14-8-10-18(11-9-14)22-13-17(12-19(22)23)20(24)21-15(2)16-6-4-3-5-7-16/h3-11,15,17H,12-13H2,1-2H3,(H,21,24). The Morgan fingerprint density at radius 1 is 1.12 bits per heavy atom. The molecule has 0 aliphatic carbocycles. The smallest absolute Gasteiger partial charge is 0.227 e. The van der Waals surface area contributed by atoms with E-state index in [4.69, 9.17) is 0 Å². The van der Waals surface area contributed by atoms with Crippen molar-refractivity contribution in [3.8, 4) is 0 Å². The zero-order chi connectivity index (χ0) is 17.1. The number of carbonyl (C=O) groups excluding carboxylic acids is 2. The Labute approximate surface area is 142 Å². The van der Waals surface area contributed by atoms with Gasteiger partial charge in [0.2, 0.25) is 11.8 Å². The molecule has 1 aliphatic rings. The van der Waals surface area contributed by atoms with E-state index in [1.54, 1.807) is 4.90 Å². The van der Waals surface area contributed by atoms with Crippen molar-refractivity contribution in [2.45, 2.75) is 26.3 Å². The molecule has 1 saturated heterocycles. The highest BCUT2D eigenvalue weighted by atomic mass is 16.2. The Balaban J connectivity index is 1.64. The van der Waals surface area contributed by atoms with Crippen LogP contribution in [0, 0.1) is 12.8 Å². The van der Waals surface area contributed by atoms with E-state index in [2.05, 4.69) is 5.32 Å². The molecule has 2 aromatic rings. The van der Waals surface area contributed by atoms with Crippen molar-refractivity contribution in [2.75, 3.05) is 11.4 Å². The van der Waals surface area contributed by atoms with Crippen LogP contribution in [0.1, 0.15) is 30.5 Å². The van der Waals surface area contributed by atoms with Gasteiger partial charge in [0.25, 0.3) is 0 Å². The molecular formula is C20H22N2O2. The van der Waals surface area contributed by atoms with Crippen LogP contribution >= 0.6 is 0 Å². The highest BCUT2D eigenvalue weighted by Crippen LogP contribution is 2.26. The second-order valence-corrected chi connectivity index (χ2v) is 6.38. The number of aryl methyl sites for hydroxylation is 1. The van der Waals surface area contributed by atoms with Crippen molar-refractivity contribution >= 4 is 17.5 Å². The summed E-state index contributed by atoms with van der Waals surface area (Å²) in [6.07, 6.45) is 0.265. The number of hydrogen-bond acceptors (Lipinski definition) is 2. The predicted molar refractivity (Wildman–Crippen MR) is 94.6 cm³/mol. The van der Waals surface area contributed by atoms with Gasteiger partial charge in [-0.2, -0.15) is 0 Å². The summed E-state index contributed by atoms with van der Waals surface area (Å²) in [6, 6.07) is 17.6. The second-order valence-electron chi connectivity index (χ2n) is 6.38. The van der Waals surface area contributed by atoms with E-state index in [0.717, 1.165) is 16.8 Å². The van der Waals surface area contributed by atoms with E-state index in [1.165, 1.54) is 0 Å². The minimum atomic E-state index is -0.301. The number of nitrogens with one attached hydrogen (secondary N) is 1. The minimum Gasteiger partial charge on any atom is -0.349 e. The quantitative estimate of drug-likeness (QED) is 0.939. The van der Waals surface area contributed by atoms with E-state index in [1.807, 2.05) is 68.4 Å². The maximum Gasteiger partial charge on any atom is 0.227 e. The lowest BCUT2D eigenvalue weighted by Gasteiger charge is -2.19. The van der Waals surface area contributed by atoms with Gasteiger partial charge in [-0.05, 0) is 31.5 Å². The third-order valence-corrected chi connectivity index (χ3v) is 4.50. The molecule has 2 aromatic carbocycles. The summed E-state index contributed by atoms with van der Waals surface area (Å²) >= 11 is 0.